The SMILES string of the molecule is Cl.Cl.FC[C@H](c1cc(Cl)cc(Cl)c1Cl)N1CCNCC1. The fraction of sp³-hybridized carbons (Fsp3) is 0.500. The van der Waals surface area contributed by atoms with Crippen LogP contribution in [0.25, 0.3) is 0 Å². The zero-order valence-corrected chi connectivity index (χ0v) is 14.4. The fourth-order valence-corrected chi connectivity index (χ4v) is 2.93. The van der Waals surface area contributed by atoms with Crippen molar-refractivity contribution in [1.29, 1.82) is 0 Å². The Hall–Kier alpha value is 0.520. The van der Waals surface area contributed by atoms with Crippen LogP contribution in [0, 0.1) is 0 Å². The molecule has 0 aliphatic carbocycles. The van der Waals surface area contributed by atoms with Gasteiger partial charge in [0.1, 0.15) is 6.67 Å². The number of hydrogen-bond donors (Lipinski definition) is 1. The molecule has 8 heteroatoms. The summed E-state index contributed by atoms with van der Waals surface area (Å²) in [6.07, 6.45) is 0. The van der Waals surface area contributed by atoms with E-state index in [0.717, 1.165) is 26.2 Å². The molecule has 1 aromatic carbocycles. The van der Waals surface area contributed by atoms with Gasteiger partial charge in [-0.2, -0.15) is 0 Å². The molecule has 2 nitrogen and oxygen atoms in total. The molecule has 1 aliphatic heterocycles. The standard InChI is InChI=1S/C12H14Cl3FN2.2ClH/c13-8-5-9(12(15)10(14)6-8)11(7-16)18-3-1-17-2-4-18;;/h5-6,11,17H,1-4,7H2;2*1H/t11-;;/m1../s1. The van der Waals surface area contributed by atoms with Gasteiger partial charge < -0.3 is 5.32 Å². The minimum Gasteiger partial charge on any atom is -0.314 e. The first-order chi connectivity index (χ1) is 8.63. The number of hydrogen-bond acceptors (Lipinski definition) is 2. The summed E-state index contributed by atoms with van der Waals surface area (Å²) in [4.78, 5) is 2.06. The van der Waals surface area contributed by atoms with Crippen molar-refractivity contribution in [3.63, 3.8) is 0 Å². The maximum absolute atomic E-state index is 13.4. The van der Waals surface area contributed by atoms with E-state index in [1.54, 1.807) is 12.1 Å². The number of benzene rings is 1. The summed E-state index contributed by atoms with van der Waals surface area (Å²) in [5.74, 6) is 0. The van der Waals surface area contributed by atoms with E-state index in [0.29, 0.717) is 20.6 Å². The van der Waals surface area contributed by atoms with Gasteiger partial charge in [-0.05, 0) is 17.7 Å². The number of piperazine rings is 1. The van der Waals surface area contributed by atoms with E-state index in [1.807, 2.05) is 0 Å². The number of nitrogens with zero attached hydrogens (tertiary/aromatic N) is 1. The van der Waals surface area contributed by atoms with Crippen molar-refractivity contribution >= 4 is 59.6 Å². The molecule has 0 saturated carbocycles. The van der Waals surface area contributed by atoms with Crippen LogP contribution in [0.5, 0.6) is 0 Å². The van der Waals surface area contributed by atoms with Crippen molar-refractivity contribution in [2.24, 2.45) is 0 Å². The minimum absolute atomic E-state index is 0. The Balaban J connectivity index is 0.00000180. The second kappa shape index (κ2) is 9.52. The Morgan fingerprint density at radius 2 is 1.75 bits per heavy atom. The fourth-order valence-electron chi connectivity index (χ4n) is 2.19. The van der Waals surface area contributed by atoms with E-state index in [4.69, 9.17) is 34.8 Å². The topological polar surface area (TPSA) is 15.3 Å². The van der Waals surface area contributed by atoms with Crippen LogP contribution in [-0.4, -0.2) is 37.8 Å². The smallest absolute Gasteiger partial charge is 0.109 e. The molecular weight excluding hydrogens is 368 g/mol. The van der Waals surface area contributed by atoms with E-state index in [-0.39, 0.29) is 30.9 Å². The number of alkyl halides is 1. The Morgan fingerprint density at radius 1 is 1.15 bits per heavy atom. The van der Waals surface area contributed by atoms with Crippen LogP contribution in [0.2, 0.25) is 15.1 Å². The van der Waals surface area contributed by atoms with E-state index < -0.39 is 6.67 Å². The van der Waals surface area contributed by atoms with Crippen LogP contribution >= 0.6 is 59.6 Å². The van der Waals surface area contributed by atoms with Gasteiger partial charge in [-0.3, -0.25) is 4.90 Å². The minimum atomic E-state index is -0.504. The molecule has 1 fully saturated rings. The third-order valence-electron chi connectivity index (χ3n) is 3.12. The highest BCUT2D eigenvalue weighted by molar-refractivity contribution is 6.43. The highest BCUT2D eigenvalue weighted by Crippen LogP contribution is 2.36. The Morgan fingerprint density at radius 3 is 2.30 bits per heavy atom. The van der Waals surface area contributed by atoms with Gasteiger partial charge in [-0.15, -0.1) is 24.8 Å². The average molecular weight is 385 g/mol. The lowest BCUT2D eigenvalue weighted by Crippen LogP contribution is -2.45. The van der Waals surface area contributed by atoms with Crippen molar-refractivity contribution in [1.82, 2.24) is 10.2 Å². The molecule has 1 atom stereocenters. The van der Waals surface area contributed by atoms with Crippen molar-refractivity contribution in [2.45, 2.75) is 6.04 Å². The third kappa shape index (κ3) is 4.77. The maximum atomic E-state index is 13.4. The van der Waals surface area contributed by atoms with Crippen LogP contribution < -0.4 is 5.32 Å². The first-order valence-corrected chi connectivity index (χ1v) is 6.92. The van der Waals surface area contributed by atoms with Gasteiger partial charge in [0.2, 0.25) is 0 Å². The summed E-state index contributed by atoms with van der Waals surface area (Å²) in [5.41, 5.74) is 0.665. The van der Waals surface area contributed by atoms with Gasteiger partial charge in [0.05, 0.1) is 16.1 Å². The van der Waals surface area contributed by atoms with Gasteiger partial charge in [-0.1, -0.05) is 34.8 Å². The van der Waals surface area contributed by atoms with E-state index in [9.17, 15) is 4.39 Å². The Bertz CT molecular complexity index is 427. The summed E-state index contributed by atoms with van der Waals surface area (Å²) < 4.78 is 13.4. The third-order valence-corrected chi connectivity index (χ3v) is 4.15. The molecule has 1 N–H and O–H groups in total. The summed E-state index contributed by atoms with van der Waals surface area (Å²) in [6.45, 7) is 2.77. The molecule has 116 valence electrons. The maximum Gasteiger partial charge on any atom is 0.109 e. The van der Waals surface area contributed by atoms with Crippen LogP contribution in [-0.2, 0) is 0 Å². The lowest BCUT2D eigenvalue weighted by atomic mass is 10.1. The molecule has 0 spiro atoms. The molecule has 0 aromatic heterocycles. The molecule has 1 heterocycles. The number of rotatable bonds is 3. The van der Waals surface area contributed by atoms with Crippen LogP contribution in [0.4, 0.5) is 4.39 Å². The summed E-state index contributed by atoms with van der Waals surface area (Å²) in [6, 6.07) is 2.89. The van der Waals surface area contributed by atoms with Crippen molar-refractivity contribution in [3.8, 4) is 0 Å². The molecule has 1 aliphatic rings. The molecule has 1 saturated heterocycles. The second-order valence-corrected chi connectivity index (χ2v) is 5.47. The van der Waals surface area contributed by atoms with Gasteiger partial charge in [0, 0.05) is 31.2 Å². The molecule has 1 aromatic rings. The zero-order chi connectivity index (χ0) is 13.1. The molecular formula is C12H16Cl5FN2. The normalized spacial score (nSPS) is 17.0. The second-order valence-electron chi connectivity index (χ2n) is 4.25. The van der Waals surface area contributed by atoms with Gasteiger partial charge >= 0.3 is 0 Å². The largest absolute Gasteiger partial charge is 0.314 e. The van der Waals surface area contributed by atoms with E-state index in [1.165, 1.54) is 0 Å². The van der Waals surface area contributed by atoms with Gasteiger partial charge in [0.15, 0.2) is 0 Å². The Kier molecular flexibility index (Phi) is 9.77. The first kappa shape index (κ1) is 20.5. The number of nitrogens with one attached hydrogen (secondary N) is 1. The molecule has 0 bridgehead atoms. The average Bonchev–Trinajstić information content (AvgIpc) is 2.37. The molecule has 0 radical (unpaired) electrons. The summed E-state index contributed by atoms with van der Waals surface area (Å²) in [7, 11) is 0. The van der Waals surface area contributed by atoms with Crippen LogP contribution in [0.15, 0.2) is 12.1 Å². The highest BCUT2D eigenvalue weighted by atomic mass is 35.5. The van der Waals surface area contributed by atoms with Crippen LogP contribution in [0.1, 0.15) is 11.6 Å². The van der Waals surface area contributed by atoms with Crippen molar-refractivity contribution < 1.29 is 4.39 Å². The van der Waals surface area contributed by atoms with Gasteiger partial charge in [0.25, 0.3) is 0 Å². The molecule has 20 heavy (non-hydrogen) atoms. The Labute approximate surface area is 145 Å². The lowest BCUT2D eigenvalue weighted by molar-refractivity contribution is 0.147. The highest BCUT2D eigenvalue weighted by Gasteiger charge is 2.25. The number of halogens is 6. The van der Waals surface area contributed by atoms with Crippen molar-refractivity contribution in [3.05, 3.63) is 32.8 Å². The predicted molar refractivity (Wildman–Crippen MR) is 89.1 cm³/mol. The predicted octanol–water partition coefficient (Wildman–Crippen LogP) is 4.41. The quantitative estimate of drug-likeness (QED) is 0.777. The summed E-state index contributed by atoms with van der Waals surface area (Å²) in [5, 5.41) is 4.47. The van der Waals surface area contributed by atoms with E-state index in [2.05, 4.69) is 10.2 Å². The first-order valence-electron chi connectivity index (χ1n) is 5.78. The molecule has 0 unspecified atom stereocenters. The zero-order valence-electron chi connectivity index (χ0n) is 10.5. The monoisotopic (exact) mass is 382 g/mol. The van der Waals surface area contributed by atoms with E-state index >= 15 is 0 Å². The summed E-state index contributed by atoms with van der Waals surface area (Å²) >= 11 is 18.1. The molecule has 0 amide bonds. The lowest BCUT2D eigenvalue weighted by Gasteiger charge is -2.34. The molecule has 2 rings (SSSR count). The van der Waals surface area contributed by atoms with Gasteiger partial charge in [-0.25, -0.2) is 4.39 Å². The van der Waals surface area contributed by atoms with Crippen molar-refractivity contribution in [2.75, 3.05) is 32.9 Å². The van der Waals surface area contributed by atoms with Crippen LogP contribution in [0.3, 0.4) is 0 Å².